The minimum atomic E-state index is 0.00857. The first kappa shape index (κ1) is 14.2. The van der Waals surface area contributed by atoms with Crippen molar-refractivity contribution in [2.24, 2.45) is 5.41 Å². The van der Waals surface area contributed by atoms with Crippen molar-refractivity contribution in [1.29, 1.82) is 0 Å². The first-order chi connectivity index (χ1) is 8.10. The summed E-state index contributed by atoms with van der Waals surface area (Å²) in [6.07, 6.45) is 6.01. The maximum Gasteiger partial charge on any atom is 0.0631 e. The SMILES string of the molecule is CCC(C)n1ccc(CC(CC)(CC)CO)n1. The summed E-state index contributed by atoms with van der Waals surface area (Å²) in [5.74, 6) is 0. The van der Waals surface area contributed by atoms with Crippen LogP contribution in [0.3, 0.4) is 0 Å². The van der Waals surface area contributed by atoms with Crippen LogP contribution in [0.5, 0.6) is 0 Å². The Hall–Kier alpha value is -0.830. The van der Waals surface area contributed by atoms with Crippen molar-refractivity contribution in [3.05, 3.63) is 18.0 Å². The van der Waals surface area contributed by atoms with Crippen molar-refractivity contribution in [3.63, 3.8) is 0 Å². The van der Waals surface area contributed by atoms with E-state index in [1.807, 2.05) is 4.68 Å². The molecule has 17 heavy (non-hydrogen) atoms. The highest BCUT2D eigenvalue weighted by Crippen LogP contribution is 2.29. The lowest BCUT2D eigenvalue weighted by atomic mass is 9.79. The average Bonchev–Trinajstić information content (AvgIpc) is 2.83. The normalized spacial score (nSPS) is 13.9. The highest BCUT2D eigenvalue weighted by Gasteiger charge is 2.26. The molecule has 0 fully saturated rings. The third kappa shape index (κ3) is 3.32. The third-order valence-electron chi connectivity index (χ3n) is 4.10. The molecule has 0 bridgehead atoms. The van der Waals surface area contributed by atoms with E-state index in [2.05, 4.69) is 45.1 Å². The van der Waals surface area contributed by atoms with E-state index in [4.69, 9.17) is 0 Å². The highest BCUT2D eigenvalue weighted by atomic mass is 16.3. The van der Waals surface area contributed by atoms with E-state index < -0.39 is 0 Å². The fraction of sp³-hybridized carbons (Fsp3) is 0.786. The van der Waals surface area contributed by atoms with E-state index in [1.54, 1.807) is 0 Å². The molecule has 1 heterocycles. The van der Waals surface area contributed by atoms with Gasteiger partial charge in [-0.2, -0.15) is 5.10 Å². The predicted molar refractivity (Wildman–Crippen MR) is 71.0 cm³/mol. The molecule has 1 rings (SSSR count). The first-order valence-corrected chi connectivity index (χ1v) is 6.75. The second-order valence-electron chi connectivity index (χ2n) is 5.09. The summed E-state index contributed by atoms with van der Waals surface area (Å²) in [5.41, 5.74) is 1.11. The molecule has 98 valence electrons. The van der Waals surface area contributed by atoms with Gasteiger partial charge in [0, 0.05) is 18.8 Å². The third-order valence-corrected chi connectivity index (χ3v) is 4.10. The van der Waals surface area contributed by atoms with Crippen LogP contribution in [0.25, 0.3) is 0 Å². The molecule has 0 radical (unpaired) electrons. The number of nitrogens with zero attached hydrogens (tertiary/aromatic N) is 2. The number of aromatic nitrogens is 2. The van der Waals surface area contributed by atoms with Gasteiger partial charge in [0.1, 0.15) is 0 Å². The van der Waals surface area contributed by atoms with Crippen LogP contribution in [-0.2, 0) is 6.42 Å². The van der Waals surface area contributed by atoms with Gasteiger partial charge in [-0.15, -0.1) is 0 Å². The summed E-state index contributed by atoms with van der Waals surface area (Å²) < 4.78 is 2.03. The van der Waals surface area contributed by atoms with E-state index in [1.165, 1.54) is 0 Å². The van der Waals surface area contributed by atoms with Gasteiger partial charge in [0.25, 0.3) is 0 Å². The molecule has 1 aromatic heterocycles. The predicted octanol–water partition coefficient (Wildman–Crippen LogP) is 3.20. The molecule has 3 heteroatoms. The van der Waals surface area contributed by atoms with E-state index >= 15 is 0 Å². The molecule has 1 aromatic rings. The summed E-state index contributed by atoms with van der Waals surface area (Å²) in [4.78, 5) is 0. The van der Waals surface area contributed by atoms with Gasteiger partial charge in [0.2, 0.25) is 0 Å². The van der Waals surface area contributed by atoms with Gasteiger partial charge in [-0.3, -0.25) is 4.68 Å². The van der Waals surface area contributed by atoms with E-state index in [0.717, 1.165) is 31.4 Å². The van der Waals surface area contributed by atoms with Gasteiger partial charge < -0.3 is 5.11 Å². The molecule has 0 aliphatic heterocycles. The van der Waals surface area contributed by atoms with Crippen LogP contribution in [0.1, 0.15) is 58.7 Å². The zero-order chi connectivity index (χ0) is 12.9. The van der Waals surface area contributed by atoms with Crippen molar-refractivity contribution in [2.45, 2.75) is 59.4 Å². The molecular formula is C14H26N2O. The van der Waals surface area contributed by atoms with Gasteiger partial charge in [0.05, 0.1) is 5.69 Å². The van der Waals surface area contributed by atoms with Crippen molar-refractivity contribution < 1.29 is 5.11 Å². The van der Waals surface area contributed by atoms with Gasteiger partial charge in [-0.25, -0.2) is 0 Å². The molecule has 1 unspecified atom stereocenters. The monoisotopic (exact) mass is 238 g/mol. The number of hydrogen-bond donors (Lipinski definition) is 1. The number of aliphatic hydroxyl groups excluding tert-OH is 1. The van der Waals surface area contributed by atoms with Crippen molar-refractivity contribution in [1.82, 2.24) is 9.78 Å². The summed E-state index contributed by atoms with van der Waals surface area (Å²) >= 11 is 0. The molecule has 0 aliphatic rings. The molecule has 0 saturated carbocycles. The van der Waals surface area contributed by atoms with E-state index in [9.17, 15) is 5.11 Å². The Morgan fingerprint density at radius 2 is 2.00 bits per heavy atom. The average molecular weight is 238 g/mol. The van der Waals surface area contributed by atoms with Gasteiger partial charge in [-0.05, 0) is 44.1 Å². The molecule has 1 N–H and O–H groups in total. The van der Waals surface area contributed by atoms with E-state index in [-0.39, 0.29) is 12.0 Å². The Labute approximate surface area is 105 Å². The standard InChI is InChI=1S/C14H26N2O/c1-5-12(4)16-9-8-13(15-16)10-14(6-2,7-3)11-17/h8-9,12,17H,5-7,10-11H2,1-4H3. The second kappa shape index (κ2) is 6.20. The fourth-order valence-electron chi connectivity index (χ4n) is 2.07. The summed E-state index contributed by atoms with van der Waals surface area (Å²) in [6, 6.07) is 2.54. The Morgan fingerprint density at radius 3 is 2.47 bits per heavy atom. The number of aliphatic hydroxyl groups is 1. The minimum Gasteiger partial charge on any atom is -0.396 e. The maximum atomic E-state index is 9.57. The molecule has 0 spiro atoms. The smallest absolute Gasteiger partial charge is 0.0631 e. The maximum absolute atomic E-state index is 9.57. The molecule has 1 atom stereocenters. The first-order valence-electron chi connectivity index (χ1n) is 6.75. The lowest BCUT2D eigenvalue weighted by molar-refractivity contribution is 0.113. The minimum absolute atomic E-state index is 0.00857. The van der Waals surface area contributed by atoms with Gasteiger partial charge in [0.15, 0.2) is 0 Å². The highest BCUT2D eigenvalue weighted by molar-refractivity contribution is 5.03. The van der Waals surface area contributed by atoms with E-state index in [0.29, 0.717) is 6.04 Å². The Balaban J connectivity index is 2.77. The lowest BCUT2D eigenvalue weighted by Crippen LogP contribution is -2.26. The van der Waals surface area contributed by atoms with Crippen LogP contribution in [0.2, 0.25) is 0 Å². The zero-order valence-corrected chi connectivity index (χ0v) is 11.6. The molecule has 3 nitrogen and oxygen atoms in total. The molecule has 0 amide bonds. The fourth-order valence-corrected chi connectivity index (χ4v) is 2.07. The van der Waals surface area contributed by atoms with Crippen LogP contribution in [0.4, 0.5) is 0 Å². The molecule has 0 aliphatic carbocycles. The number of hydrogen-bond acceptors (Lipinski definition) is 2. The van der Waals surface area contributed by atoms with Crippen LogP contribution in [-0.4, -0.2) is 21.5 Å². The molecule has 0 aromatic carbocycles. The Morgan fingerprint density at radius 1 is 1.35 bits per heavy atom. The topological polar surface area (TPSA) is 38.0 Å². The largest absolute Gasteiger partial charge is 0.396 e. The van der Waals surface area contributed by atoms with Crippen LogP contribution in [0.15, 0.2) is 12.3 Å². The van der Waals surface area contributed by atoms with Gasteiger partial charge >= 0.3 is 0 Å². The van der Waals surface area contributed by atoms with Crippen molar-refractivity contribution in [3.8, 4) is 0 Å². The second-order valence-corrected chi connectivity index (χ2v) is 5.09. The molecular weight excluding hydrogens is 212 g/mol. The van der Waals surface area contributed by atoms with Crippen molar-refractivity contribution in [2.75, 3.05) is 6.61 Å². The number of rotatable bonds is 7. The molecule has 0 saturated heterocycles. The van der Waals surface area contributed by atoms with Crippen LogP contribution < -0.4 is 0 Å². The zero-order valence-electron chi connectivity index (χ0n) is 11.6. The Kier molecular flexibility index (Phi) is 5.19. The Bertz CT molecular complexity index is 320. The summed E-state index contributed by atoms with van der Waals surface area (Å²) in [7, 11) is 0. The van der Waals surface area contributed by atoms with Crippen LogP contribution in [0, 0.1) is 5.41 Å². The lowest BCUT2D eigenvalue weighted by Gasteiger charge is -2.28. The quantitative estimate of drug-likeness (QED) is 0.792. The van der Waals surface area contributed by atoms with Gasteiger partial charge in [-0.1, -0.05) is 20.8 Å². The summed E-state index contributed by atoms with van der Waals surface area (Å²) in [6.45, 7) is 8.88. The van der Waals surface area contributed by atoms with Crippen molar-refractivity contribution >= 4 is 0 Å². The summed E-state index contributed by atoms with van der Waals surface area (Å²) in [5, 5.41) is 14.2. The van der Waals surface area contributed by atoms with Crippen LogP contribution >= 0.6 is 0 Å².